The Kier molecular flexibility index (Phi) is 11.5. The lowest BCUT2D eigenvalue weighted by Gasteiger charge is -2.41. The number of nitrogens with zero attached hydrogens (tertiary/aromatic N) is 6. The predicted molar refractivity (Wildman–Crippen MR) is 215 cm³/mol. The van der Waals surface area contributed by atoms with Crippen molar-refractivity contribution in [2.75, 3.05) is 21.2 Å². The van der Waals surface area contributed by atoms with Gasteiger partial charge in [0.25, 0.3) is 5.91 Å². The molecule has 56 heavy (non-hydrogen) atoms. The zero-order chi connectivity index (χ0) is 39.5. The number of rotatable bonds is 10. The summed E-state index contributed by atoms with van der Waals surface area (Å²) >= 11 is 0. The van der Waals surface area contributed by atoms with Gasteiger partial charge in [-0.2, -0.15) is 0 Å². The number of hydrogen-bond donors (Lipinski definition) is 3. The van der Waals surface area contributed by atoms with Gasteiger partial charge in [0, 0.05) is 60.1 Å². The molecule has 4 aromatic rings. The summed E-state index contributed by atoms with van der Waals surface area (Å²) in [6.45, 7) is 8.55. The second-order valence-electron chi connectivity index (χ2n) is 15.6. The third kappa shape index (κ3) is 8.04. The minimum absolute atomic E-state index is 0.0170. The average molecular weight is 761 g/mol. The molecule has 3 heterocycles. The Morgan fingerprint density at radius 1 is 0.875 bits per heavy atom. The van der Waals surface area contributed by atoms with E-state index in [0.717, 1.165) is 54.6 Å². The molecule has 3 aromatic carbocycles. The van der Waals surface area contributed by atoms with Crippen molar-refractivity contribution < 1.29 is 24.3 Å². The fraction of sp³-hybridized carbons (Fsp3) is 0.442. The van der Waals surface area contributed by atoms with Gasteiger partial charge in [0.05, 0.1) is 18.8 Å². The molecule has 3 aliphatic rings. The molecule has 0 bridgehead atoms. The second-order valence-corrected chi connectivity index (χ2v) is 15.6. The van der Waals surface area contributed by atoms with Crippen molar-refractivity contribution in [2.45, 2.75) is 109 Å². The molecule has 7 rings (SSSR count). The van der Waals surface area contributed by atoms with E-state index < -0.39 is 12.1 Å². The van der Waals surface area contributed by atoms with Gasteiger partial charge in [-0.25, -0.2) is 9.48 Å². The number of hydrogen-bond acceptors (Lipinski definition) is 7. The largest absolute Gasteiger partial charge is 0.465 e. The quantitative estimate of drug-likeness (QED) is 0.159. The molecule has 0 radical (unpaired) electrons. The lowest BCUT2D eigenvalue weighted by atomic mass is 9.87. The topological polar surface area (TPSA) is 153 Å². The van der Waals surface area contributed by atoms with E-state index in [1.807, 2.05) is 80.3 Å². The van der Waals surface area contributed by atoms with Gasteiger partial charge in [0.1, 0.15) is 0 Å². The highest BCUT2D eigenvalue weighted by atomic mass is 16.4. The van der Waals surface area contributed by atoms with Crippen LogP contribution in [0.3, 0.4) is 0 Å². The summed E-state index contributed by atoms with van der Waals surface area (Å²) in [4.78, 5) is 56.7. The summed E-state index contributed by atoms with van der Waals surface area (Å²) < 4.78 is 1.61. The van der Waals surface area contributed by atoms with Crippen molar-refractivity contribution in [3.8, 4) is 0 Å². The van der Waals surface area contributed by atoms with Crippen LogP contribution in [-0.2, 0) is 16.1 Å². The minimum Gasteiger partial charge on any atom is -0.465 e. The highest BCUT2D eigenvalue weighted by molar-refractivity contribution is 5.97. The number of carbonyl (C=O) groups excluding carboxylic acids is 3. The first kappa shape index (κ1) is 38.7. The molecule has 0 unspecified atom stereocenters. The van der Waals surface area contributed by atoms with Gasteiger partial charge >= 0.3 is 6.09 Å². The van der Waals surface area contributed by atoms with E-state index in [4.69, 9.17) is 0 Å². The molecule has 0 saturated heterocycles. The van der Waals surface area contributed by atoms with Crippen LogP contribution in [0.25, 0.3) is 0 Å². The normalized spacial score (nSPS) is 21.9. The van der Waals surface area contributed by atoms with Gasteiger partial charge in [0.2, 0.25) is 11.8 Å². The average Bonchev–Trinajstić information content (AvgIpc) is 3.67. The van der Waals surface area contributed by atoms with Crippen molar-refractivity contribution >= 4 is 40.9 Å². The van der Waals surface area contributed by atoms with Gasteiger partial charge in [-0.15, -0.1) is 5.10 Å². The van der Waals surface area contributed by atoms with Gasteiger partial charge in [-0.3, -0.25) is 19.3 Å². The first-order valence-electron chi connectivity index (χ1n) is 19.9. The smallest absolute Gasteiger partial charge is 0.412 e. The zero-order valence-electron chi connectivity index (χ0n) is 32.6. The number of nitrogens with one attached hydrogen (secondary N) is 2. The van der Waals surface area contributed by atoms with Gasteiger partial charge in [-0.1, -0.05) is 74.5 Å². The molecule has 1 saturated carbocycles. The van der Waals surface area contributed by atoms with Gasteiger partial charge in [-0.05, 0) is 86.4 Å². The number of fused-ring (bicyclic) bond motifs is 2. The molecular formula is C43H52N8O5. The van der Waals surface area contributed by atoms with Crippen LogP contribution in [0.15, 0.2) is 79.0 Å². The van der Waals surface area contributed by atoms with Gasteiger partial charge < -0.3 is 25.5 Å². The highest BCUT2D eigenvalue weighted by Crippen LogP contribution is 2.41. The molecular weight excluding hydrogens is 709 g/mol. The maximum atomic E-state index is 13.2. The maximum absolute atomic E-state index is 13.2. The fourth-order valence-electron chi connectivity index (χ4n) is 8.67. The standard InChI is InChI=1S/C43H52N8O5/c1-5-40(52)50-28(4)24-35(33-10-6-9-13-38(33)50)44-30-16-18-31(19-17-30)45-41(53)36-26-48(47-46-36)25-29-14-20-32(21-15-29)51(43(55)56)39-22-23-49(42(54)27(2)3)37-12-8-7-11-34(37)39/h6-15,20-21,26-28,30-31,35,39,44H,5,16-19,22-25H2,1-4H3,(H,45,53)(H,55,56)/t28-,30?,31?,35+,39+/m0/s1. The summed E-state index contributed by atoms with van der Waals surface area (Å²) in [7, 11) is 0. The SMILES string of the molecule is CCC(=O)N1c2ccccc2[C@H](NC2CCC(NC(=O)c3cn(Cc4ccc(N(C(=O)O)[C@@H]5CCN(C(=O)C(C)C)c6ccccc65)cc4)nn3)CC2)C[C@@H]1C. The van der Waals surface area contributed by atoms with Crippen LogP contribution >= 0.6 is 0 Å². The monoisotopic (exact) mass is 760 g/mol. The number of carboxylic acid groups (broad SMARTS) is 1. The molecule has 4 amide bonds. The van der Waals surface area contributed by atoms with E-state index >= 15 is 0 Å². The number of amides is 4. The number of carbonyl (C=O) groups is 4. The Bertz CT molecular complexity index is 2060. The van der Waals surface area contributed by atoms with E-state index in [2.05, 4.69) is 33.9 Å². The van der Waals surface area contributed by atoms with Crippen LogP contribution in [0.2, 0.25) is 0 Å². The van der Waals surface area contributed by atoms with Crippen molar-refractivity contribution in [3.05, 3.63) is 101 Å². The fourth-order valence-corrected chi connectivity index (χ4v) is 8.67. The molecule has 13 heteroatoms. The number of anilines is 3. The predicted octanol–water partition coefficient (Wildman–Crippen LogP) is 6.85. The van der Waals surface area contributed by atoms with E-state index in [1.165, 1.54) is 10.5 Å². The Labute approximate surface area is 328 Å². The molecule has 294 valence electrons. The molecule has 3 N–H and O–H groups in total. The van der Waals surface area contributed by atoms with Crippen LogP contribution in [0.1, 0.15) is 112 Å². The van der Waals surface area contributed by atoms with E-state index in [1.54, 1.807) is 27.9 Å². The Balaban J connectivity index is 0.929. The Hall–Kier alpha value is -5.56. The summed E-state index contributed by atoms with van der Waals surface area (Å²) in [5, 5.41) is 25.8. The summed E-state index contributed by atoms with van der Waals surface area (Å²) in [6.07, 6.45) is 5.94. The lowest BCUT2D eigenvalue weighted by Crippen LogP contribution is -2.48. The molecule has 1 aromatic heterocycles. The number of aromatic nitrogens is 3. The van der Waals surface area contributed by atoms with Crippen LogP contribution in [0.4, 0.5) is 21.9 Å². The van der Waals surface area contributed by atoms with Crippen molar-refractivity contribution in [1.82, 2.24) is 25.6 Å². The van der Waals surface area contributed by atoms with Crippen molar-refractivity contribution in [3.63, 3.8) is 0 Å². The second kappa shape index (κ2) is 16.7. The first-order chi connectivity index (χ1) is 27.0. The van der Waals surface area contributed by atoms with Gasteiger partial charge in [0.15, 0.2) is 5.69 Å². The first-order valence-corrected chi connectivity index (χ1v) is 19.9. The number of para-hydroxylation sites is 2. The molecule has 2 aliphatic heterocycles. The van der Waals surface area contributed by atoms with Crippen LogP contribution in [-0.4, -0.2) is 68.6 Å². The molecule has 13 nitrogen and oxygen atoms in total. The third-order valence-electron chi connectivity index (χ3n) is 11.5. The summed E-state index contributed by atoms with van der Waals surface area (Å²) in [6, 6.07) is 23.2. The third-order valence-corrected chi connectivity index (χ3v) is 11.5. The highest BCUT2D eigenvalue weighted by Gasteiger charge is 2.37. The Morgan fingerprint density at radius 2 is 1.54 bits per heavy atom. The Morgan fingerprint density at radius 3 is 2.21 bits per heavy atom. The molecule has 1 fully saturated rings. The van der Waals surface area contributed by atoms with E-state index in [9.17, 15) is 24.3 Å². The minimum atomic E-state index is -1.07. The number of benzene rings is 3. The maximum Gasteiger partial charge on any atom is 0.412 e. The van der Waals surface area contributed by atoms with Crippen molar-refractivity contribution in [2.24, 2.45) is 5.92 Å². The summed E-state index contributed by atoms with van der Waals surface area (Å²) in [5.74, 6) is -0.258. The molecule has 0 spiro atoms. The van der Waals surface area contributed by atoms with Crippen LogP contribution in [0, 0.1) is 5.92 Å². The molecule has 1 aliphatic carbocycles. The zero-order valence-corrected chi connectivity index (χ0v) is 32.6. The lowest BCUT2D eigenvalue weighted by molar-refractivity contribution is -0.121. The van der Waals surface area contributed by atoms with Crippen LogP contribution in [0.5, 0.6) is 0 Å². The van der Waals surface area contributed by atoms with E-state index in [0.29, 0.717) is 37.7 Å². The van der Waals surface area contributed by atoms with Crippen molar-refractivity contribution in [1.29, 1.82) is 0 Å². The summed E-state index contributed by atoms with van der Waals surface area (Å²) in [5.41, 5.74) is 5.37. The molecule has 3 atom stereocenters. The van der Waals surface area contributed by atoms with Crippen LogP contribution < -0.4 is 25.3 Å². The van der Waals surface area contributed by atoms with E-state index in [-0.39, 0.29) is 47.5 Å².